The fraction of sp³-hybridized carbons (Fsp3) is 0.538. The van der Waals surface area contributed by atoms with Crippen molar-refractivity contribution in [1.29, 1.82) is 0 Å². The minimum atomic E-state index is -0.473. The maximum absolute atomic E-state index is 12.8. The van der Waals surface area contributed by atoms with Crippen molar-refractivity contribution in [2.45, 2.75) is 77.2 Å². The van der Waals surface area contributed by atoms with E-state index in [1.807, 2.05) is 61.0 Å². The van der Waals surface area contributed by atoms with Gasteiger partial charge in [0.05, 0.1) is 25.0 Å². The molecule has 12 nitrogen and oxygen atoms in total. The summed E-state index contributed by atoms with van der Waals surface area (Å²) in [6.45, 7) is 14.9. The summed E-state index contributed by atoms with van der Waals surface area (Å²) in [5, 5.41) is 4.63. The van der Waals surface area contributed by atoms with E-state index in [0.717, 1.165) is 92.4 Å². The molecule has 9 rings (SSSR count). The Bertz CT molecular complexity index is 1840. The van der Waals surface area contributed by atoms with Crippen LogP contribution < -0.4 is 14.4 Å². The number of anilines is 1. The summed E-state index contributed by atoms with van der Waals surface area (Å²) < 4.78 is 19.2. The first-order valence-electron chi connectivity index (χ1n) is 18.4. The van der Waals surface area contributed by atoms with Gasteiger partial charge in [0.15, 0.2) is 0 Å². The number of aryl methyl sites for hydroxylation is 1. The Balaban J connectivity index is 0.881. The van der Waals surface area contributed by atoms with Crippen molar-refractivity contribution in [2.75, 3.05) is 57.9 Å². The van der Waals surface area contributed by atoms with E-state index in [0.29, 0.717) is 30.5 Å². The van der Waals surface area contributed by atoms with Gasteiger partial charge in [0, 0.05) is 93.5 Å². The van der Waals surface area contributed by atoms with Crippen LogP contribution >= 0.6 is 0 Å². The first kappa shape index (κ1) is 33.7. The van der Waals surface area contributed by atoms with Gasteiger partial charge < -0.3 is 24.0 Å². The van der Waals surface area contributed by atoms with Gasteiger partial charge in [-0.05, 0) is 82.2 Å². The topological polar surface area (TPSA) is 101 Å². The number of hydrogen-bond acceptors (Lipinski definition) is 10. The summed E-state index contributed by atoms with van der Waals surface area (Å²) in [4.78, 5) is 31.6. The molecule has 0 aliphatic carbocycles. The molecule has 0 N–H and O–H groups in total. The highest BCUT2D eigenvalue weighted by molar-refractivity contribution is 5.83. The lowest BCUT2D eigenvalue weighted by Crippen LogP contribution is -2.68. The maximum atomic E-state index is 12.8. The standard InChI is InChI=1S/C39H50N8O4/c1-26-18-42-47-25-32(50-15-14-43-12-11-34-29(22-43)10-13-45(34)38(48)51-39(2,3)4)17-33(37(26)47)28-7-8-35(40-20-28)44-23-30-16-31(24-44)46(30)21-27-6-9-36(49-5)41-19-27/h6-9,17-20,25,29-31,34H,10-16,21-24H2,1-5H3. The Hall–Kier alpha value is -4.42. The summed E-state index contributed by atoms with van der Waals surface area (Å²) in [6.07, 6.45) is 10.8. The van der Waals surface area contributed by atoms with Gasteiger partial charge in [-0.2, -0.15) is 5.10 Å². The average Bonchev–Trinajstić information content (AvgIpc) is 3.73. The molecule has 4 atom stereocenters. The molecule has 0 saturated carbocycles. The van der Waals surface area contributed by atoms with Crippen LogP contribution in [0.4, 0.5) is 10.6 Å². The highest BCUT2D eigenvalue weighted by atomic mass is 16.6. The van der Waals surface area contributed by atoms with Crippen LogP contribution in [0.5, 0.6) is 11.6 Å². The number of likely N-dealkylation sites (tertiary alicyclic amines) is 2. The number of carbonyl (C=O) groups excluding carboxylic acids is 1. The average molecular weight is 695 g/mol. The highest BCUT2D eigenvalue weighted by Crippen LogP contribution is 2.37. The van der Waals surface area contributed by atoms with Crippen molar-refractivity contribution in [3.63, 3.8) is 0 Å². The van der Waals surface area contributed by atoms with Crippen molar-refractivity contribution in [3.05, 3.63) is 66.2 Å². The maximum Gasteiger partial charge on any atom is 0.410 e. The van der Waals surface area contributed by atoms with Crippen molar-refractivity contribution in [3.8, 4) is 22.8 Å². The van der Waals surface area contributed by atoms with Gasteiger partial charge >= 0.3 is 6.09 Å². The van der Waals surface area contributed by atoms with Crippen molar-refractivity contribution < 1.29 is 19.0 Å². The third-order valence-corrected chi connectivity index (χ3v) is 11.1. The molecule has 270 valence electrons. The predicted molar refractivity (Wildman–Crippen MR) is 195 cm³/mol. The number of piperazine rings is 1. The van der Waals surface area contributed by atoms with Crippen LogP contribution in [-0.2, 0) is 11.3 Å². The lowest BCUT2D eigenvalue weighted by Gasteiger charge is -2.56. The number of methoxy groups -OCH3 is 1. The van der Waals surface area contributed by atoms with Gasteiger partial charge in [0.25, 0.3) is 0 Å². The monoisotopic (exact) mass is 694 g/mol. The SMILES string of the molecule is COc1ccc(CN2C3CC2CN(c2ccc(-c4cc(OCCN5CCC6C(CCN6C(=O)OC(C)(C)C)C5)cn5ncc(C)c45)cn2)C3)cn1. The van der Waals surface area contributed by atoms with Crippen LogP contribution in [0.15, 0.2) is 55.1 Å². The molecule has 0 spiro atoms. The van der Waals surface area contributed by atoms with Crippen molar-refractivity contribution in [2.24, 2.45) is 5.92 Å². The van der Waals surface area contributed by atoms with Crippen LogP contribution in [0.3, 0.4) is 0 Å². The zero-order valence-electron chi connectivity index (χ0n) is 30.5. The molecule has 9 heterocycles. The Morgan fingerprint density at radius 1 is 0.980 bits per heavy atom. The number of amides is 1. The normalized spacial score (nSPS) is 23.6. The molecule has 5 aliphatic heterocycles. The summed E-state index contributed by atoms with van der Waals surface area (Å²) in [6, 6.07) is 11.8. The number of rotatable bonds is 9. The second kappa shape index (κ2) is 13.6. The van der Waals surface area contributed by atoms with E-state index in [1.54, 1.807) is 7.11 Å². The number of carbonyl (C=O) groups is 1. The molecule has 0 aromatic carbocycles. The minimum Gasteiger partial charge on any atom is -0.491 e. The number of piperidine rings is 2. The molecule has 5 saturated heterocycles. The molecule has 5 aliphatic rings. The third kappa shape index (κ3) is 6.95. The quantitative estimate of drug-likeness (QED) is 0.230. The minimum absolute atomic E-state index is 0.175. The fourth-order valence-electron chi connectivity index (χ4n) is 8.55. The molecule has 4 aromatic heterocycles. The highest BCUT2D eigenvalue weighted by Gasteiger charge is 2.45. The van der Waals surface area contributed by atoms with Gasteiger partial charge in [-0.1, -0.05) is 6.07 Å². The smallest absolute Gasteiger partial charge is 0.410 e. The number of pyridine rings is 3. The fourth-order valence-corrected chi connectivity index (χ4v) is 8.55. The Morgan fingerprint density at radius 2 is 1.82 bits per heavy atom. The largest absolute Gasteiger partial charge is 0.491 e. The number of ether oxygens (including phenoxy) is 3. The first-order chi connectivity index (χ1) is 24.6. The molecule has 4 unspecified atom stereocenters. The van der Waals surface area contributed by atoms with Gasteiger partial charge in [0.2, 0.25) is 5.88 Å². The second-order valence-corrected chi connectivity index (χ2v) is 15.7. The molecule has 51 heavy (non-hydrogen) atoms. The predicted octanol–water partition coefficient (Wildman–Crippen LogP) is 5.28. The van der Waals surface area contributed by atoms with Gasteiger partial charge in [-0.25, -0.2) is 19.3 Å². The zero-order chi connectivity index (χ0) is 35.3. The van der Waals surface area contributed by atoms with Crippen LogP contribution in [-0.4, -0.2) is 117 Å². The zero-order valence-corrected chi connectivity index (χ0v) is 30.5. The van der Waals surface area contributed by atoms with Crippen molar-refractivity contribution >= 4 is 17.4 Å². The van der Waals surface area contributed by atoms with E-state index in [-0.39, 0.29) is 12.1 Å². The van der Waals surface area contributed by atoms with E-state index in [2.05, 4.69) is 56.0 Å². The molecular formula is C39H50N8O4. The number of hydrogen-bond donors (Lipinski definition) is 0. The first-order valence-corrected chi connectivity index (χ1v) is 18.4. The molecule has 1 amide bonds. The molecule has 4 aromatic rings. The molecule has 5 fully saturated rings. The summed E-state index contributed by atoms with van der Waals surface area (Å²) in [7, 11) is 1.65. The molecule has 12 heteroatoms. The lowest BCUT2D eigenvalue weighted by molar-refractivity contribution is -0.00876. The number of nitrogens with zero attached hydrogens (tertiary/aromatic N) is 8. The van der Waals surface area contributed by atoms with E-state index < -0.39 is 5.60 Å². The van der Waals surface area contributed by atoms with Crippen LogP contribution in [0.25, 0.3) is 16.6 Å². The number of aromatic nitrogens is 4. The molecule has 2 bridgehead atoms. The van der Waals surface area contributed by atoms with Gasteiger partial charge in [-0.15, -0.1) is 0 Å². The summed E-state index contributed by atoms with van der Waals surface area (Å²) in [5.74, 6) is 2.94. The summed E-state index contributed by atoms with van der Waals surface area (Å²) in [5.41, 5.74) is 5.04. The van der Waals surface area contributed by atoms with Crippen LogP contribution in [0, 0.1) is 12.8 Å². The van der Waals surface area contributed by atoms with Crippen LogP contribution in [0.1, 0.15) is 51.2 Å². The summed E-state index contributed by atoms with van der Waals surface area (Å²) >= 11 is 0. The number of fused-ring (bicyclic) bond motifs is 4. The van der Waals surface area contributed by atoms with Crippen molar-refractivity contribution in [1.82, 2.24) is 34.3 Å². The Morgan fingerprint density at radius 3 is 2.55 bits per heavy atom. The van der Waals surface area contributed by atoms with Gasteiger partial charge in [0.1, 0.15) is 23.8 Å². The van der Waals surface area contributed by atoms with Crippen LogP contribution in [0.2, 0.25) is 0 Å². The Labute approximate surface area is 300 Å². The molecular weight excluding hydrogens is 644 g/mol. The van der Waals surface area contributed by atoms with Gasteiger partial charge in [-0.3, -0.25) is 9.80 Å². The van der Waals surface area contributed by atoms with E-state index in [9.17, 15) is 4.79 Å². The van der Waals surface area contributed by atoms with E-state index in [4.69, 9.17) is 19.2 Å². The lowest BCUT2D eigenvalue weighted by atomic mass is 9.87. The molecule has 0 radical (unpaired) electrons. The second-order valence-electron chi connectivity index (χ2n) is 15.7. The Kier molecular flexibility index (Phi) is 9.00. The third-order valence-electron chi connectivity index (χ3n) is 11.1. The van der Waals surface area contributed by atoms with E-state index in [1.165, 1.54) is 12.0 Å². The van der Waals surface area contributed by atoms with E-state index >= 15 is 0 Å².